The monoisotopic (exact) mass is 310 g/mol. The van der Waals surface area contributed by atoms with Crippen molar-refractivity contribution in [2.24, 2.45) is 0 Å². The zero-order valence-electron chi connectivity index (χ0n) is 8.63. The number of benzene rings is 2. The number of rotatable bonds is 0. The van der Waals surface area contributed by atoms with E-state index in [-0.39, 0.29) is 0 Å². The predicted octanol–water partition coefficient (Wildman–Crippen LogP) is 1.42. The van der Waals surface area contributed by atoms with Crippen LogP contribution in [0.2, 0.25) is 5.02 Å². The zero-order chi connectivity index (χ0) is 12.0. The summed E-state index contributed by atoms with van der Waals surface area (Å²) in [6.45, 7) is 0. The summed E-state index contributed by atoms with van der Waals surface area (Å²) in [6.07, 6.45) is 0. The van der Waals surface area contributed by atoms with Crippen molar-refractivity contribution in [2.45, 2.75) is 0 Å². The van der Waals surface area contributed by atoms with Gasteiger partial charge in [0.2, 0.25) is 0 Å². The van der Waals surface area contributed by atoms with Crippen LogP contribution < -0.4 is 13.4 Å². The topological polar surface area (TPSA) is 46.5 Å². The van der Waals surface area contributed by atoms with Crippen LogP contribution in [0.3, 0.4) is 0 Å². The fourth-order valence-electron chi connectivity index (χ4n) is 1.86. The number of fused-ring (bicyclic) bond motifs is 2. The molecule has 1 N–H and O–H groups in total. The van der Waals surface area contributed by atoms with Crippen LogP contribution >= 0.6 is 11.6 Å². The Bertz CT molecular complexity index is 654. The fourth-order valence-corrected chi connectivity index (χ4v) is 5.76. The average Bonchev–Trinajstić information content (AvgIpc) is 2.31. The van der Waals surface area contributed by atoms with Crippen molar-refractivity contribution in [3.63, 3.8) is 0 Å². The molecule has 5 heteroatoms. The second-order valence-electron chi connectivity index (χ2n) is 3.76. The molecule has 17 heavy (non-hydrogen) atoms. The van der Waals surface area contributed by atoms with Crippen molar-refractivity contribution in [3.8, 4) is 11.5 Å². The Kier molecular flexibility index (Phi) is 2.37. The summed E-state index contributed by atoms with van der Waals surface area (Å²) in [6, 6.07) is 11.6. The maximum atomic E-state index is 12.5. The van der Waals surface area contributed by atoms with Crippen LogP contribution in [0, 0.1) is 0 Å². The average molecular weight is 311 g/mol. The van der Waals surface area contributed by atoms with E-state index in [1.54, 1.807) is 36.4 Å². The van der Waals surface area contributed by atoms with E-state index in [1.165, 1.54) is 6.07 Å². The van der Waals surface area contributed by atoms with Crippen molar-refractivity contribution >= 4 is 34.1 Å². The van der Waals surface area contributed by atoms with E-state index >= 15 is 0 Å². The molecule has 0 fully saturated rings. The van der Waals surface area contributed by atoms with Crippen molar-refractivity contribution in [2.75, 3.05) is 0 Å². The minimum atomic E-state index is -4.30. The van der Waals surface area contributed by atoms with Gasteiger partial charge in [-0.15, -0.1) is 0 Å². The van der Waals surface area contributed by atoms with Crippen molar-refractivity contribution in [1.82, 2.24) is 0 Å². The molecular formula is C12H8AsClO3. The van der Waals surface area contributed by atoms with E-state index in [2.05, 4.69) is 0 Å². The SMILES string of the molecule is O=[As]1(O)c2ccccc2Oc2ccc(Cl)cc21. The Hall–Kier alpha value is -1.15. The summed E-state index contributed by atoms with van der Waals surface area (Å²) in [5.74, 6) is 0.866. The van der Waals surface area contributed by atoms with Crippen LogP contribution in [0.4, 0.5) is 0 Å². The predicted molar refractivity (Wildman–Crippen MR) is 65.9 cm³/mol. The first kappa shape index (κ1) is 11.0. The third kappa shape index (κ3) is 1.62. The van der Waals surface area contributed by atoms with Gasteiger partial charge in [-0.3, -0.25) is 0 Å². The summed E-state index contributed by atoms with van der Waals surface area (Å²) >= 11 is 1.55. The first-order valence-electron chi connectivity index (χ1n) is 4.99. The summed E-state index contributed by atoms with van der Waals surface area (Å²) in [4.78, 5) is 0. The number of para-hydroxylation sites is 1. The molecule has 2 aromatic carbocycles. The molecule has 0 aliphatic carbocycles. The normalized spacial score (nSPS) is 21.3. The van der Waals surface area contributed by atoms with Gasteiger partial charge in [0.25, 0.3) is 0 Å². The molecule has 3 nitrogen and oxygen atoms in total. The van der Waals surface area contributed by atoms with Crippen LogP contribution in [-0.4, -0.2) is 17.9 Å². The maximum absolute atomic E-state index is 12.5. The minimum absolute atomic E-state index is 0.314. The first-order chi connectivity index (χ1) is 8.09. The van der Waals surface area contributed by atoms with Gasteiger partial charge in [0.05, 0.1) is 0 Å². The molecule has 1 heterocycles. The third-order valence-corrected chi connectivity index (χ3v) is 7.14. The molecule has 1 aliphatic rings. The second-order valence-corrected chi connectivity index (χ2v) is 8.63. The van der Waals surface area contributed by atoms with Gasteiger partial charge in [-0.1, -0.05) is 0 Å². The number of halogens is 1. The second kappa shape index (κ2) is 3.67. The van der Waals surface area contributed by atoms with E-state index in [9.17, 15) is 7.84 Å². The van der Waals surface area contributed by atoms with Crippen LogP contribution in [0.1, 0.15) is 0 Å². The standard InChI is InChI=1S/C12H8AsClO3/c14-8-5-6-12-10(7-8)13(15,16)9-3-1-2-4-11(9)17-12/h1-7H,(H,15,16). The molecule has 0 saturated carbocycles. The van der Waals surface area contributed by atoms with Crippen LogP contribution in [0.5, 0.6) is 11.5 Å². The summed E-state index contributed by atoms with van der Waals surface area (Å²) < 4.78 is 29.1. The van der Waals surface area contributed by atoms with E-state index in [0.29, 0.717) is 25.2 Å². The van der Waals surface area contributed by atoms with Gasteiger partial charge in [0, 0.05) is 0 Å². The summed E-state index contributed by atoms with van der Waals surface area (Å²) in [5, 5.41) is 0.433. The molecule has 0 amide bonds. The van der Waals surface area contributed by atoms with Gasteiger partial charge in [-0.25, -0.2) is 0 Å². The molecule has 3 rings (SSSR count). The van der Waals surface area contributed by atoms with E-state index < -0.39 is 13.8 Å². The molecule has 0 saturated heterocycles. The van der Waals surface area contributed by atoms with Crippen molar-refractivity contribution in [3.05, 3.63) is 47.5 Å². The number of hydrogen-bond donors (Lipinski definition) is 1. The zero-order valence-corrected chi connectivity index (χ0v) is 11.3. The molecule has 1 aliphatic heterocycles. The Morgan fingerprint density at radius 1 is 1.06 bits per heavy atom. The Labute approximate surface area is 106 Å². The first-order valence-corrected chi connectivity index (χ1v) is 8.85. The van der Waals surface area contributed by atoms with Gasteiger partial charge in [-0.05, 0) is 0 Å². The molecule has 1 atom stereocenters. The molecule has 86 valence electrons. The number of hydrogen-bond acceptors (Lipinski definition) is 2. The molecule has 1 unspecified atom stereocenters. The van der Waals surface area contributed by atoms with Gasteiger partial charge >= 0.3 is 106 Å². The van der Waals surface area contributed by atoms with Crippen LogP contribution in [0.25, 0.3) is 0 Å². The molecule has 0 spiro atoms. The van der Waals surface area contributed by atoms with E-state index in [4.69, 9.17) is 16.3 Å². The van der Waals surface area contributed by atoms with Gasteiger partial charge < -0.3 is 0 Å². The Balaban J connectivity index is 2.31. The third-order valence-electron chi connectivity index (χ3n) is 2.66. The molecule has 0 aromatic heterocycles. The fraction of sp³-hybridized carbons (Fsp3) is 0. The summed E-state index contributed by atoms with van der Waals surface area (Å²) in [7, 11) is 0. The van der Waals surface area contributed by atoms with Gasteiger partial charge in [-0.2, -0.15) is 0 Å². The molecular weight excluding hydrogens is 303 g/mol. The molecule has 0 radical (unpaired) electrons. The van der Waals surface area contributed by atoms with Gasteiger partial charge in [0.1, 0.15) is 0 Å². The molecule has 2 aromatic rings. The van der Waals surface area contributed by atoms with E-state index in [1.807, 2.05) is 0 Å². The molecule has 0 bridgehead atoms. The van der Waals surface area contributed by atoms with Crippen molar-refractivity contribution in [1.29, 1.82) is 0 Å². The van der Waals surface area contributed by atoms with Crippen molar-refractivity contribution < 1.29 is 12.6 Å². The van der Waals surface area contributed by atoms with E-state index in [0.717, 1.165) is 0 Å². The van der Waals surface area contributed by atoms with Crippen LogP contribution in [-0.2, 0) is 3.74 Å². The Morgan fingerprint density at radius 3 is 2.59 bits per heavy atom. The van der Waals surface area contributed by atoms with Gasteiger partial charge in [0.15, 0.2) is 0 Å². The quantitative estimate of drug-likeness (QED) is 0.749. The number of ether oxygens (including phenoxy) is 1. The summed E-state index contributed by atoms with van der Waals surface area (Å²) in [5.41, 5.74) is 0. The van der Waals surface area contributed by atoms with Crippen LogP contribution in [0.15, 0.2) is 42.5 Å². The Morgan fingerprint density at radius 2 is 1.76 bits per heavy atom.